The molecular formula is C14H16N2O3S. The number of aryl methyl sites for hydroxylation is 2. The number of ether oxygens (including phenoxy) is 1. The van der Waals surface area contributed by atoms with Crippen LogP contribution >= 0.6 is 11.3 Å². The second-order valence-corrected chi connectivity index (χ2v) is 5.24. The second-order valence-electron chi connectivity index (χ2n) is 4.30. The summed E-state index contributed by atoms with van der Waals surface area (Å²) in [7, 11) is 0. The molecule has 0 saturated carbocycles. The van der Waals surface area contributed by atoms with Crippen LogP contribution in [-0.2, 0) is 12.8 Å². The number of nitrogens with zero attached hydrogens (tertiary/aromatic N) is 2. The van der Waals surface area contributed by atoms with Crippen molar-refractivity contribution >= 4 is 17.3 Å². The Balaban J connectivity index is 2.03. The molecule has 0 fully saturated rings. The average molecular weight is 292 g/mol. The molecular weight excluding hydrogens is 276 g/mol. The highest BCUT2D eigenvalue weighted by molar-refractivity contribution is 7.09. The summed E-state index contributed by atoms with van der Waals surface area (Å²) in [5.41, 5.74) is 3.75. The van der Waals surface area contributed by atoms with Crippen LogP contribution in [0.4, 0.5) is 0 Å². The van der Waals surface area contributed by atoms with Gasteiger partial charge in [-0.25, -0.2) is 14.8 Å². The minimum Gasteiger partial charge on any atom is -0.478 e. The molecule has 20 heavy (non-hydrogen) atoms. The van der Waals surface area contributed by atoms with Gasteiger partial charge in [0.15, 0.2) is 0 Å². The van der Waals surface area contributed by atoms with Crippen LogP contribution in [0.25, 0.3) is 0 Å². The van der Waals surface area contributed by atoms with Crippen molar-refractivity contribution in [2.75, 3.05) is 6.61 Å². The van der Waals surface area contributed by atoms with E-state index in [1.54, 1.807) is 17.4 Å². The first-order valence-electron chi connectivity index (χ1n) is 6.36. The highest BCUT2D eigenvalue weighted by Crippen LogP contribution is 2.16. The molecule has 0 aliphatic rings. The van der Waals surface area contributed by atoms with Gasteiger partial charge in [-0.3, -0.25) is 0 Å². The van der Waals surface area contributed by atoms with Gasteiger partial charge < -0.3 is 9.84 Å². The van der Waals surface area contributed by atoms with Gasteiger partial charge >= 0.3 is 5.97 Å². The SMILES string of the molecule is CCc1cc(C(=O)O)cc(OCCc2scnc2C)n1. The smallest absolute Gasteiger partial charge is 0.335 e. The van der Waals surface area contributed by atoms with E-state index >= 15 is 0 Å². The van der Waals surface area contributed by atoms with Crippen LogP contribution in [0, 0.1) is 6.92 Å². The summed E-state index contributed by atoms with van der Waals surface area (Å²) in [6.07, 6.45) is 1.42. The molecule has 0 atom stereocenters. The summed E-state index contributed by atoms with van der Waals surface area (Å²) in [6, 6.07) is 3.03. The number of carboxylic acids is 1. The lowest BCUT2D eigenvalue weighted by atomic mass is 10.2. The van der Waals surface area contributed by atoms with E-state index in [2.05, 4.69) is 9.97 Å². The molecule has 2 aromatic rings. The van der Waals surface area contributed by atoms with Crippen LogP contribution in [0.1, 0.15) is 33.5 Å². The van der Waals surface area contributed by atoms with Crippen LogP contribution in [-0.4, -0.2) is 27.7 Å². The van der Waals surface area contributed by atoms with Gasteiger partial charge in [-0.1, -0.05) is 6.92 Å². The molecule has 0 aliphatic heterocycles. The average Bonchev–Trinajstić information content (AvgIpc) is 2.84. The zero-order chi connectivity index (χ0) is 14.5. The largest absolute Gasteiger partial charge is 0.478 e. The van der Waals surface area contributed by atoms with Gasteiger partial charge in [-0.05, 0) is 19.4 Å². The zero-order valence-corrected chi connectivity index (χ0v) is 12.2. The molecule has 2 rings (SSSR count). The number of rotatable bonds is 6. The number of aromatic nitrogens is 2. The molecule has 0 saturated heterocycles. The molecule has 106 valence electrons. The third-order valence-electron chi connectivity index (χ3n) is 2.89. The van der Waals surface area contributed by atoms with Crippen LogP contribution in [0.2, 0.25) is 0 Å². The molecule has 6 heteroatoms. The summed E-state index contributed by atoms with van der Waals surface area (Å²) < 4.78 is 5.57. The van der Waals surface area contributed by atoms with Gasteiger partial charge in [0, 0.05) is 23.1 Å². The minimum atomic E-state index is -0.967. The Bertz CT molecular complexity index is 610. The summed E-state index contributed by atoms with van der Waals surface area (Å²) in [4.78, 5) is 20.7. The first-order valence-corrected chi connectivity index (χ1v) is 7.24. The zero-order valence-electron chi connectivity index (χ0n) is 11.4. The summed E-state index contributed by atoms with van der Waals surface area (Å²) in [5, 5.41) is 9.05. The van der Waals surface area contributed by atoms with Crippen LogP contribution in [0.5, 0.6) is 5.88 Å². The van der Waals surface area contributed by atoms with E-state index < -0.39 is 5.97 Å². The molecule has 0 aliphatic carbocycles. The molecule has 2 heterocycles. The Morgan fingerprint density at radius 1 is 1.45 bits per heavy atom. The first kappa shape index (κ1) is 14.5. The predicted molar refractivity (Wildman–Crippen MR) is 76.6 cm³/mol. The van der Waals surface area contributed by atoms with E-state index in [0.717, 1.165) is 12.1 Å². The first-order chi connectivity index (χ1) is 9.60. The summed E-state index contributed by atoms with van der Waals surface area (Å²) >= 11 is 1.59. The van der Waals surface area contributed by atoms with Crippen molar-refractivity contribution in [3.63, 3.8) is 0 Å². The molecule has 5 nitrogen and oxygen atoms in total. The van der Waals surface area contributed by atoms with E-state index in [1.165, 1.54) is 10.9 Å². The maximum Gasteiger partial charge on any atom is 0.335 e. The molecule has 0 unspecified atom stereocenters. The quantitative estimate of drug-likeness (QED) is 0.886. The van der Waals surface area contributed by atoms with Crippen molar-refractivity contribution in [1.82, 2.24) is 9.97 Å². The fraction of sp³-hybridized carbons (Fsp3) is 0.357. The number of thiazole rings is 1. The second kappa shape index (κ2) is 6.47. The predicted octanol–water partition coefficient (Wildman–Crippen LogP) is 2.73. The molecule has 0 aromatic carbocycles. The number of hydrogen-bond acceptors (Lipinski definition) is 5. The molecule has 0 amide bonds. The van der Waals surface area contributed by atoms with Crippen molar-refractivity contribution in [2.24, 2.45) is 0 Å². The monoisotopic (exact) mass is 292 g/mol. The molecule has 2 aromatic heterocycles. The van der Waals surface area contributed by atoms with Crippen molar-refractivity contribution < 1.29 is 14.6 Å². The molecule has 0 radical (unpaired) electrons. The van der Waals surface area contributed by atoms with E-state index in [0.29, 0.717) is 24.6 Å². The normalized spacial score (nSPS) is 10.5. The highest BCUT2D eigenvalue weighted by atomic mass is 32.1. The standard InChI is InChI=1S/C14H16N2O3S/c1-3-11-6-10(14(17)18)7-13(16-11)19-5-4-12-9(2)15-8-20-12/h6-8H,3-5H2,1-2H3,(H,17,18). The summed E-state index contributed by atoms with van der Waals surface area (Å²) in [6.45, 7) is 4.35. The number of hydrogen-bond donors (Lipinski definition) is 1. The lowest BCUT2D eigenvalue weighted by Gasteiger charge is -2.07. The van der Waals surface area contributed by atoms with Crippen molar-refractivity contribution in [2.45, 2.75) is 26.7 Å². The van der Waals surface area contributed by atoms with E-state index in [1.807, 2.05) is 19.4 Å². The van der Waals surface area contributed by atoms with Gasteiger partial charge in [-0.15, -0.1) is 11.3 Å². The van der Waals surface area contributed by atoms with E-state index in [-0.39, 0.29) is 5.56 Å². The fourth-order valence-electron chi connectivity index (χ4n) is 1.75. The van der Waals surface area contributed by atoms with Gasteiger partial charge in [-0.2, -0.15) is 0 Å². The minimum absolute atomic E-state index is 0.209. The maximum absolute atomic E-state index is 11.0. The Hall–Kier alpha value is -1.95. The van der Waals surface area contributed by atoms with Gasteiger partial charge in [0.1, 0.15) is 0 Å². The Morgan fingerprint density at radius 2 is 2.25 bits per heavy atom. The molecule has 1 N–H and O–H groups in total. The number of aromatic carboxylic acids is 1. The van der Waals surface area contributed by atoms with Crippen molar-refractivity contribution in [3.8, 4) is 5.88 Å². The lowest BCUT2D eigenvalue weighted by molar-refractivity contribution is 0.0696. The fourth-order valence-corrected chi connectivity index (χ4v) is 2.52. The van der Waals surface area contributed by atoms with Gasteiger partial charge in [0.2, 0.25) is 5.88 Å². The molecule has 0 spiro atoms. The highest BCUT2D eigenvalue weighted by Gasteiger charge is 2.09. The van der Waals surface area contributed by atoms with Gasteiger partial charge in [0.05, 0.1) is 23.4 Å². The topological polar surface area (TPSA) is 72.3 Å². The third kappa shape index (κ3) is 3.54. The Kier molecular flexibility index (Phi) is 4.68. The third-order valence-corrected chi connectivity index (χ3v) is 3.88. The Labute approximate surface area is 121 Å². The van der Waals surface area contributed by atoms with Gasteiger partial charge in [0.25, 0.3) is 0 Å². The number of pyridine rings is 1. The number of carboxylic acid groups (broad SMARTS) is 1. The maximum atomic E-state index is 11.0. The van der Waals surface area contributed by atoms with Crippen LogP contribution in [0.3, 0.4) is 0 Å². The van der Waals surface area contributed by atoms with Crippen LogP contribution in [0.15, 0.2) is 17.6 Å². The molecule has 0 bridgehead atoms. The lowest BCUT2D eigenvalue weighted by Crippen LogP contribution is -2.06. The Morgan fingerprint density at radius 3 is 2.85 bits per heavy atom. The van der Waals surface area contributed by atoms with E-state index in [9.17, 15) is 4.79 Å². The summed E-state index contributed by atoms with van der Waals surface area (Å²) in [5.74, 6) is -0.603. The van der Waals surface area contributed by atoms with Crippen molar-refractivity contribution in [3.05, 3.63) is 39.5 Å². The van der Waals surface area contributed by atoms with Crippen LogP contribution < -0.4 is 4.74 Å². The van der Waals surface area contributed by atoms with Crippen molar-refractivity contribution in [1.29, 1.82) is 0 Å². The number of carbonyl (C=O) groups is 1. The van der Waals surface area contributed by atoms with E-state index in [4.69, 9.17) is 9.84 Å².